The van der Waals surface area contributed by atoms with Crippen molar-refractivity contribution in [2.45, 2.75) is 39.7 Å². The van der Waals surface area contributed by atoms with E-state index in [4.69, 9.17) is 4.99 Å². The standard InChI is InChI=1S/C18H32N4.HI/c1-6-19-18(20-12-13-22(5)15(2)3)21-14-16(4)17-10-8-7-9-11-17;/h7-11,15-16H,6,12-14H2,1-5H3,(H2,19,20,21);1H. The number of halogens is 1. The summed E-state index contributed by atoms with van der Waals surface area (Å²) < 4.78 is 0. The zero-order chi connectivity index (χ0) is 16.4. The van der Waals surface area contributed by atoms with E-state index in [-0.39, 0.29) is 24.0 Å². The Morgan fingerprint density at radius 1 is 1.13 bits per heavy atom. The second-order valence-electron chi connectivity index (χ2n) is 6.03. The van der Waals surface area contributed by atoms with Crippen LogP contribution < -0.4 is 10.6 Å². The van der Waals surface area contributed by atoms with Crippen LogP contribution in [-0.2, 0) is 0 Å². The lowest BCUT2D eigenvalue weighted by atomic mass is 10.0. The number of rotatable bonds is 8. The molecular formula is C18H33IN4. The third kappa shape index (κ3) is 9.15. The molecular weight excluding hydrogens is 399 g/mol. The molecule has 23 heavy (non-hydrogen) atoms. The summed E-state index contributed by atoms with van der Waals surface area (Å²) >= 11 is 0. The van der Waals surface area contributed by atoms with E-state index in [2.05, 4.69) is 80.6 Å². The van der Waals surface area contributed by atoms with Crippen molar-refractivity contribution in [2.75, 3.05) is 33.2 Å². The van der Waals surface area contributed by atoms with E-state index in [0.717, 1.165) is 32.1 Å². The average molecular weight is 432 g/mol. The highest BCUT2D eigenvalue weighted by Crippen LogP contribution is 2.14. The monoisotopic (exact) mass is 432 g/mol. The smallest absolute Gasteiger partial charge is 0.191 e. The summed E-state index contributed by atoms with van der Waals surface area (Å²) in [6.45, 7) is 12.3. The molecule has 0 aromatic heterocycles. The summed E-state index contributed by atoms with van der Waals surface area (Å²) in [4.78, 5) is 7.03. The number of hydrogen-bond donors (Lipinski definition) is 2. The molecule has 0 amide bonds. The van der Waals surface area contributed by atoms with Crippen molar-refractivity contribution in [3.63, 3.8) is 0 Å². The van der Waals surface area contributed by atoms with Crippen LogP contribution in [0.15, 0.2) is 35.3 Å². The summed E-state index contributed by atoms with van der Waals surface area (Å²) in [5.41, 5.74) is 1.33. The van der Waals surface area contributed by atoms with Gasteiger partial charge in [-0.1, -0.05) is 37.3 Å². The fourth-order valence-electron chi connectivity index (χ4n) is 2.07. The van der Waals surface area contributed by atoms with Crippen LogP contribution in [0.25, 0.3) is 0 Å². The SMILES string of the molecule is CCNC(=NCC(C)c1ccccc1)NCCN(C)C(C)C.I. The van der Waals surface area contributed by atoms with Gasteiger partial charge in [-0.3, -0.25) is 4.99 Å². The Kier molecular flexibility index (Phi) is 12.1. The Bertz CT molecular complexity index is 434. The molecule has 0 spiro atoms. The minimum Gasteiger partial charge on any atom is -0.357 e. The van der Waals surface area contributed by atoms with Gasteiger partial charge >= 0.3 is 0 Å². The minimum absolute atomic E-state index is 0. The van der Waals surface area contributed by atoms with E-state index >= 15 is 0 Å². The molecule has 0 radical (unpaired) electrons. The van der Waals surface area contributed by atoms with Gasteiger partial charge in [0, 0.05) is 38.1 Å². The largest absolute Gasteiger partial charge is 0.357 e. The molecule has 1 aromatic rings. The fourth-order valence-corrected chi connectivity index (χ4v) is 2.07. The minimum atomic E-state index is 0. The molecule has 0 saturated carbocycles. The summed E-state index contributed by atoms with van der Waals surface area (Å²) in [5.74, 6) is 1.33. The van der Waals surface area contributed by atoms with Crippen LogP contribution in [0, 0.1) is 0 Å². The highest BCUT2D eigenvalue weighted by molar-refractivity contribution is 14.0. The molecule has 0 aliphatic carbocycles. The molecule has 0 heterocycles. The maximum absolute atomic E-state index is 4.71. The van der Waals surface area contributed by atoms with Crippen molar-refractivity contribution in [3.05, 3.63) is 35.9 Å². The summed E-state index contributed by atoms with van der Waals surface area (Å²) in [6, 6.07) is 11.1. The van der Waals surface area contributed by atoms with Crippen LogP contribution in [-0.4, -0.2) is 50.1 Å². The maximum atomic E-state index is 4.71. The molecule has 0 fully saturated rings. The molecule has 1 aromatic carbocycles. The van der Waals surface area contributed by atoms with Gasteiger partial charge in [0.25, 0.3) is 0 Å². The highest BCUT2D eigenvalue weighted by atomic mass is 127. The normalized spacial score (nSPS) is 12.9. The number of guanidine groups is 1. The topological polar surface area (TPSA) is 39.7 Å². The lowest BCUT2D eigenvalue weighted by Gasteiger charge is -2.21. The van der Waals surface area contributed by atoms with Gasteiger partial charge in [-0.15, -0.1) is 24.0 Å². The summed E-state index contributed by atoms with van der Waals surface area (Å²) in [7, 11) is 2.15. The van der Waals surface area contributed by atoms with Crippen molar-refractivity contribution < 1.29 is 0 Å². The van der Waals surface area contributed by atoms with Gasteiger partial charge in [-0.25, -0.2) is 0 Å². The number of nitrogens with zero attached hydrogens (tertiary/aromatic N) is 2. The van der Waals surface area contributed by atoms with Crippen LogP contribution in [0.2, 0.25) is 0 Å². The number of aliphatic imine (C=N–C) groups is 1. The first-order valence-electron chi connectivity index (χ1n) is 8.32. The van der Waals surface area contributed by atoms with Crippen molar-refractivity contribution in [1.29, 1.82) is 0 Å². The van der Waals surface area contributed by atoms with Gasteiger partial charge in [-0.2, -0.15) is 0 Å². The molecule has 0 aliphatic heterocycles. The Labute approximate surface area is 159 Å². The van der Waals surface area contributed by atoms with E-state index in [9.17, 15) is 0 Å². The first-order valence-corrected chi connectivity index (χ1v) is 8.32. The van der Waals surface area contributed by atoms with E-state index < -0.39 is 0 Å². The van der Waals surface area contributed by atoms with Crippen molar-refractivity contribution in [2.24, 2.45) is 4.99 Å². The zero-order valence-electron chi connectivity index (χ0n) is 15.2. The quantitative estimate of drug-likeness (QED) is 0.376. The second kappa shape index (κ2) is 12.6. The van der Waals surface area contributed by atoms with E-state index in [0.29, 0.717) is 12.0 Å². The average Bonchev–Trinajstić information content (AvgIpc) is 2.52. The summed E-state index contributed by atoms with van der Waals surface area (Å²) in [6.07, 6.45) is 0. The van der Waals surface area contributed by atoms with Crippen LogP contribution in [0.3, 0.4) is 0 Å². The maximum Gasteiger partial charge on any atom is 0.191 e. The predicted molar refractivity (Wildman–Crippen MR) is 112 cm³/mol. The van der Waals surface area contributed by atoms with Crippen molar-refractivity contribution in [3.8, 4) is 0 Å². The second-order valence-corrected chi connectivity index (χ2v) is 6.03. The number of hydrogen-bond acceptors (Lipinski definition) is 2. The van der Waals surface area contributed by atoms with Crippen molar-refractivity contribution >= 4 is 29.9 Å². The first-order chi connectivity index (χ1) is 10.5. The van der Waals surface area contributed by atoms with Crippen LogP contribution >= 0.6 is 24.0 Å². The molecule has 1 unspecified atom stereocenters. The third-order valence-corrected chi connectivity index (χ3v) is 3.87. The number of nitrogens with one attached hydrogen (secondary N) is 2. The van der Waals surface area contributed by atoms with Crippen LogP contribution in [0.4, 0.5) is 0 Å². The Morgan fingerprint density at radius 3 is 2.35 bits per heavy atom. The van der Waals surface area contributed by atoms with Gasteiger partial charge in [-0.05, 0) is 33.4 Å². The molecule has 4 nitrogen and oxygen atoms in total. The highest BCUT2D eigenvalue weighted by Gasteiger charge is 2.06. The predicted octanol–water partition coefficient (Wildman–Crippen LogP) is 3.30. The first kappa shape index (κ1) is 22.2. The molecule has 0 bridgehead atoms. The van der Waals surface area contributed by atoms with Gasteiger partial charge in [0.15, 0.2) is 5.96 Å². The van der Waals surface area contributed by atoms with Gasteiger partial charge in [0.2, 0.25) is 0 Å². The molecule has 1 atom stereocenters. The zero-order valence-corrected chi connectivity index (χ0v) is 17.5. The van der Waals surface area contributed by atoms with Gasteiger partial charge in [0.1, 0.15) is 0 Å². The van der Waals surface area contributed by atoms with Crippen LogP contribution in [0.1, 0.15) is 39.2 Å². The van der Waals surface area contributed by atoms with E-state index in [1.807, 2.05) is 0 Å². The number of benzene rings is 1. The van der Waals surface area contributed by atoms with Crippen molar-refractivity contribution in [1.82, 2.24) is 15.5 Å². The number of likely N-dealkylation sites (N-methyl/N-ethyl adjacent to an activating group) is 1. The lowest BCUT2D eigenvalue weighted by molar-refractivity contribution is 0.278. The third-order valence-electron chi connectivity index (χ3n) is 3.87. The molecule has 0 saturated heterocycles. The lowest BCUT2D eigenvalue weighted by Crippen LogP contribution is -2.42. The van der Waals surface area contributed by atoms with Crippen LogP contribution in [0.5, 0.6) is 0 Å². The molecule has 1 rings (SSSR count). The summed E-state index contributed by atoms with van der Waals surface area (Å²) in [5, 5.41) is 6.72. The molecule has 132 valence electrons. The Balaban J connectivity index is 0.00000484. The van der Waals surface area contributed by atoms with E-state index in [1.54, 1.807) is 0 Å². The fraction of sp³-hybridized carbons (Fsp3) is 0.611. The van der Waals surface area contributed by atoms with Gasteiger partial charge < -0.3 is 15.5 Å². The van der Waals surface area contributed by atoms with Gasteiger partial charge in [0.05, 0.1) is 0 Å². The molecule has 2 N–H and O–H groups in total. The Morgan fingerprint density at radius 2 is 1.78 bits per heavy atom. The Hall–Kier alpha value is -0.820. The van der Waals surface area contributed by atoms with E-state index in [1.165, 1.54) is 5.56 Å². The molecule has 5 heteroatoms. The molecule has 0 aliphatic rings.